The number of Topliss-reactive ketones (excluding diaryl/α,β-unsaturated/α-hetero) is 1. The molecule has 0 aromatic rings. The Labute approximate surface area is 72.2 Å². The van der Waals surface area contributed by atoms with Crippen molar-refractivity contribution in [1.29, 1.82) is 0 Å². The van der Waals surface area contributed by atoms with E-state index in [0.29, 0.717) is 0 Å². The van der Waals surface area contributed by atoms with E-state index in [9.17, 15) is 9.59 Å². The zero-order chi connectivity index (χ0) is 6.99. The number of hydrogen-bond acceptors (Lipinski definition) is 2. The van der Waals surface area contributed by atoms with Gasteiger partial charge in [0.25, 0.3) is 0 Å². The van der Waals surface area contributed by atoms with E-state index in [1.165, 1.54) is 13.2 Å². The van der Waals surface area contributed by atoms with Gasteiger partial charge in [0, 0.05) is 0 Å². The summed E-state index contributed by atoms with van der Waals surface area (Å²) in [7, 11) is 0. The van der Waals surface area contributed by atoms with E-state index in [-0.39, 0.29) is 35.3 Å². The molecule has 0 bridgehead atoms. The van der Waals surface area contributed by atoms with Gasteiger partial charge in [-0.25, -0.2) is 0 Å². The Morgan fingerprint density at radius 2 is 1.89 bits per heavy atom. The topological polar surface area (TPSA) is 34.1 Å². The van der Waals surface area contributed by atoms with Crippen LogP contribution in [0.3, 0.4) is 0 Å². The fraction of sp³-hybridized carbons (Fsp3) is 0.500. The molecule has 0 aromatic heterocycles. The van der Waals surface area contributed by atoms with E-state index in [4.69, 9.17) is 0 Å². The second-order valence-electron chi connectivity index (χ2n) is 1.02. The van der Waals surface area contributed by atoms with Crippen LogP contribution in [0.5, 0.6) is 0 Å². The van der Waals surface area contributed by atoms with E-state index in [1.807, 2.05) is 0 Å². The Bertz CT molecular complexity index is 71.5. The smallest absolute Gasteiger partial charge is 0.541 e. The predicted molar refractivity (Wildman–Crippen MR) is 37.8 cm³/mol. The zero-order valence-corrected chi connectivity index (χ0v) is 7.35. The Morgan fingerprint density at radius 3 is 1.89 bits per heavy atom. The van der Waals surface area contributed by atoms with Crippen molar-refractivity contribution < 1.29 is 9.59 Å². The largest absolute Gasteiger partial charge is 2.00 e. The average molecular weight is 138 g/mol. The number of rotatable bonds is 2. The minimum Gasteiger partial charge on any atom is -0.541 e. The molecule has 0 heterocycles. The Hall–Kier alpha value is 0.106. The molecule has 0 aliphatic carbocycles. The molecule has 0 aromatic carbocycles. The predicted octanol–water partition coefficient (Wildman–Crippen LogP) is 0.535. The summed E-state index contributed by atoms with van der Waals surface area (Å²) in [6.07, 6.45) is 1.40. The van der Waals surface area contributed by atoms with Crippen LogP contribution in [0.1, 0.15) is 20.3 Å². The maximum absolute atomic E-state index is 9.78. The summed E-state index contributed by atoms with van der Waals surface area (Å²) in [5, 5.41) is 0. The van der Waals surface area contributed by atoms with Crippen molar-refractivity contribution in [2.24, 2.45) is 0 Å². The quantitative estimate of drug-likeness (QED) is 0.317. The molecular formula is C6H10MgO2. The molecule has 0 radical (unpaired) electrons. The van der Waals surface area contributed by atoms with Crippen LogP contribution in [0.25, 0.3) is 0 Å². The van der Waals surface area contributed by atoms with Gasteiger partial charge < -0.3 is 16.5 Å². The van der Waals surface area contributed by atoms with Crippen molar-refractivity contribution in [2.75, 3.05) is 0 Å². The van der Waals surface area contributed by atoms with E-state index in [2.05, 4.69) is 6.92 Å². The zero-order valence-electron chi connectivity index (χ0n) is 5.94. The normalized spacial score (nSPS) is 5.67. The minimum atomic E-state index is -0.134. The second-order valence-corrected chi connectivity index (χ2v) is 1.02. The van der Waals surface area contributed by atoms with Gasteiger partial charge in [-0.05, 0) is 6.92 Å². The van der Waals surface area contributed by atoms with Gasteiger partial charge in [0.2, 0.25) is 0 Å². The van der Waals surface area contributed by atoms with Gasteiger partial charge in [0.05, 0.1) is 0 Å². The molecule has 0 unspecified atom stereocenters. The van der Waals surface area contributed by atoms with Gasteiger partial charge in [-0.15, -0.1) is 0 Å². The molecule has 0 aliphatic rings. The average Bonchev–Trinajstić information content (AvgIpc) is 1.72. The van der Waals surface area contributed by atoms with Crippen LogP contribution in [0.4, 0.5) is 0 Å². The third-order valence-electron chi connectivity index (χ3n) is 0.321. The minimum absolute atomic E-state index is 0. The van der Waals surface area contributed by atoms with Crippen molar-refractivity contribution >= 4 is 35.1 Å². The first-order valence-electron chi connectivity index (χ1n) is 2.32. The first-order chi connectivity index (χ1) is 3.77. The van der Waals surface area contributed by atoms with Crippen LogP contribution >= 0.6 is 0 Å². The first kappa shape index (κ1) is 16.0. The monoisotopic (exact) mass is 138 g/mol. The summed E-state index contributed by atoms with van der Waals surface area (Å²) >= 11 is 0. The molecule has 0 saturated heterocycles. The van der Waals surface area contributed by atoms with Gasteiger partial charge in [-0.1, -0.05) is 6.42 Å². The summed E-state index contributed by atoms with van der Waals surface area (Å²) in [4.78, 5) is 19.1. The molecule has 0 fully saturated rings. The third kappa shape index (κ3) is 31.3. The second kappa shape index (κ2) is 15.7. The molecule has 9 heavy (non-hydrogen) atoms. The summed E-state index contributed by atoms with van der Waals surface area (Å²) in [5.74, 6) is -0.134. The van der Waals surface area contributed by atoms with Crippen molar-refractivity contribution in [3.8, 4) is 0 Å². The maximum Gasteiger partial charge on any atom is 2.00 e. The van der Waals surface area contributed by atoms with Crippen LogP contribution in [-0.4, -0.2) is 35.1 Å². The summed E-state index contributed by atoms with van der Waals surface area (Å²) in [5.41, 5.74) is 0. The molecule has 2 nitrogen and oxygen atoms in total. The van der Waals surface area contributed by atoms with Crippen LogP contribution in [0.2, 0.25) is 0 Å². The van der Waals surface area contributed by atoms with Crippen LogP contribution in [0.15, 0.2) is 0 Å². The van der Waals surface area contributed by atoms with E-state index in [0.717, 1.165) is 0 Å². The van der Waals surface area contributed by atoms with Gasteiger partial charge >= 0.3 is 23.1 Å². The van der Waals surface area contributed by atoms with Crippen molar-refractivity contribution in [3.63, 3.8) is 0 Å². The summed E-state index contributed by atoms with van der Waals surface area (Å²) in [6, 6.07) is 0. The van der Waals surface area contributed by atoms with E-state index in [1.54, 1.807) is 6.92 Å². The Balaban J connectivity index is -0.000000109. The summed E-state index contributed by atoms with van der Waals surface area (Å²) in [6.45, 7) is 6.35. The van der Waals surface area contributed by atoms with Crippen LogP contribution in [-0.2, 0) is 9.59 Å². The fourth-order valence-corrected chi connectivity index (χ4v) is 0.102. The molecular weight excluding hydrogens is 128 g/mol. The van der Waals surface area contributed by atoms with Crippen LogP contribution < -0.4 is 0 Å². The third-order valence-corrected chi connectivity index (χ3v) is 0.321. The van der Waals surface area contributed by atoms with Crippen molar-refractivity contribution in [3.05, 3.63) is 6.92 Å². The molecule has 0 amide bonds. The number of hydrogen-bond donors (Lipinski definition) is 0. The molecule has 48 valence electrons. The van der Waals surface area contributed by atoms with Gasteiger partial charge in [-0.3, -0.25) is 6.29 Å². The van der Waals surface area contributed by atoms with Gasteiger partial charge in [0.1, 0.15) is 5.78 Å². The molecule has 0 aliphatic heterocycles. The maximum atomic E-state index is 9.78. The van der Waals surface area contributed by atoms with E-state index >= 15 is 0 Å². The number of carbonyl (C=O) groups excluding carboxylic acids is 2. The van der Waals surface area contributed by atoms with Crippen molar-refractivity contribution in [1.82, 2.24) is 0 Å². The Kier molecular flexibility index (Phi) is 28.0. The van der Waals surface area contributed by atoms with Gasteiger partial charge in [0.15, 0.2) is 0 Å². The molecule has 0 rings (SSSR count). The molecule has 0 spiro atoms. The SMILES string of the molecule is CC(=O)C[C-]=O.[CH2-]C.[Mg+2]. The molecule has 3 heteroatoms. The molecule has 0 atom stereocenters. The van der Waals surface area contributed by atoms with Crippen molar-refractivity contribution in [2.45, 2.75) is 20.3 Å². The number of ketones is 1. The molecule has 0 saturated carbocycles. The molecule has 0 N–H and O–H groups in total. The van der Waals surface area contributed by atoms with Crippen LogP contribution in [0, 0.1) is 6.92 Å². The number of carbonyl (C=O) groups is 1. The van der Waals surface area contributed by atoms with Gasteiger partial charge in [-0.2, -0.15) is 6.92 Å². The summed E-state index contributed by atoms with van der Waals surface area (Å²) < 4.78 is 0. The Morgan fingerprint density at radius 1 is 1.56 bits per heavy atom. The fourth-order valence-electron chi connectivity index (χ4n) is 0.102. The first-order valence-corrected chi connectivity index (χ1v) is 2.32. The standard InChI is InChI=1S/C4H5O2.C2H5.Mg/c1-4(6)2-3-5;1-2;/h2H2,1H3;1H2,2H3;/q2*-1;+2. The van der Waals surface area contributed by atoms with E-state index < -0.39 is 0 Å².